The maximum Gasteiger partial charge on any atom is 0.318 e. The van der Waals surface area contributed by atoms with Crippen LogP contribution in [0.2, 0.25) is 0 Å². The summed E-state index contributed by atoms with van der Waals surface area (Å²) in [5.74, 6) is 1.85. The minimum Gasteiger partial charge on any atom is -0.497 e. The molecule has 1 fully saturated rings. The number of urea groups is 1. The maximum absolute atomic E-state index is 13.4. The fraction of sp³-hybridized carbons (Fsp3) is 0.357. The number of carbonyl (C=O) groups excluding carboxylic acids is 1. The lowest BCUT2D eigenvalue weighted by molar-refractivity contribution is 0.176. The molecular formula is C28H32N4O5S. The lowest BCUT2D eigenvalue weighted by Crippen LogP contribution is -2.51. The molecule has 10 heteroatoms. The van der Waals surface area contributed by atoms with Gasteiger partial charge in [-0.15, -0.1) is 0 Å². The molecule has 0 radical (unpaired) electrons. The van der Waals surface area contributed by atoms with Crippen molar-refractivity contribution in [3.05, 3.63) is 83.0 Å². The lowest BCUT2D eigenvalue weighted by Gasteiger charge is -2.34. The summed E-state index contributed by atoms with van der Waals surface area (Å²) in [5, 5.41) is 2.98. The Bertz CT molecular complexity index is 1430. The van der Waals surface area contributed by atoms with Gasteiger partial charge in [0, 0.05) is 24.7 Å². The number of aryl methyl sites for hydroxylation is 1. The highest BCUT2D eigenvalue weighted by Crippen LogP contribution is 2.32. The number of benzene rings is 2. The highest BCUT2D eigenvalue weighted by atomic mass is 32.2. The van der Waals surface area contributed by atoms with E-state index in [1.807, 2.05) is 67.6 Å². The summed E-state index contributed by atoms with van der Waals surface area (Å²) in [6.07, 6.45) is 2.24. The van der Waals surface area contributed by atoms with E-state index in [1.165, 1.54) is 10.6 Å². The van der Waals surface area contributed by atoms with E-state index in [9.17, 15) is 13.2 Å². The SMILES string of the molecule is COc1ccc(CN([C@H]2CCN3C(=O)NCc4ccc(C)c(n4)Oc4cccc(c4)C[C@@H]23)S(C)(=O)=O)cc1. The van der Waals surface area contributed by atoms with E-state index in [2.05, 4.69) is 10.3 Å². The predicted molar refractivity (Wildman–Crippen MR) is 144 cm³/mol. The van der Waals surface area contributed by atoms with Gasteiger partial charge >= 0.3 is 6.03 Å². The second kappa shape index (κ2) is 10.6. The van der Waals surface area contributed by atoms with Crippen molar-refractivity contribution < 1.29 is 22.7 Å². The van der Waals surface area contributed by atoms with Crippen molar-refractivity contribution in [2.75, 3.05) is 19.9 Å². The molecule has 200 valence electrons. The van der Waals surface area contributed by atoms with Crippen molar-refractivity contribution in [2.45, 2.75) is 44.9 Å². The van der Waals surface area contributed by atoms with Crippen LogP contribution in [0.1, 0.15) is 28.8 Å². The molecule has 2 amide bonds. The van der Waals surface area contributed by atoms with Gasteiger partial charge in [-0.3, -0.25) is 0 Å². The van der Waals surface area contributed by atoms with Crippen LogP contribution in [-0.2, 0) is 29.5 Å². The second-order valence-electron chi connectivity index (χ2n) is 9.81. The molecule has 0 saturated carbocycles. The first-order valence-electron chi connectivity index (χ1n) is 12.6. The number of fused-ring (bicyclic) bond motifs is 5. The summed E-state index contributed by atoms with van der Waals surface area (Å²) >= 11 is 0. The zero-order valence-corrected chi connectivity index (χ0v) is 22.6. The minimum absolute atomic E-state index is 0.206. The number of methoxy groups -OCH3 is 1. The van der Waals surface area contributed by atoms with Gasteiger partial charge in [0.05, 0.1) is 31.6 Å². The summed E-state index contributed by atoms with van der Waals surface area (Å²) in [4.78, 5) is 19.8. The highest BCUT2D eigenvalue weighted by Gasteiger charge is 2.43. The molecule has 0 aliphatic carbocycles. The van der Waals surface area contributed by atoms with Gasteiger partial charge in [0.1, 0.15) is 11.5 Å². The van der Waals surface area contributed by atoms with Crippen LogP contribution in [0.15, 0.2) is 60.7 Å². The third-order valence-corrected chi connectivity index (χ3v) is 8.40. The fourth-order valence-electron chi connectivity index (χ4n) is 5.17. The van der Waals surface area contributed by atoms with E-state index < -0.39 is 16.1 Å². The first-order valence-corrected chi connectivity index (χ1v) is 14.4. The standard InChI is InChI=1S/C28H32N4O5S/c1-19-7-10-22-17-29-28(33)31-14-13-25(26(31)16-21-5-4-6-24(15-21)37-27(19)30-22)32(38(3,34)35)18-20-8-11-23(36-2)12-9-20/h4-12,15,25-26H,13-14,16-18H2,1-3H3,(H,29,33)/t25-,26-/m0/s1. The topological polar surface area (TPSA) is 101 Å². The molecule has 4 bridgehead atoms. The number of pyridine rings is 1. The number of aromatic nitrogens is 1. The molecule has 2 aliphatic heterocycles. The molecular weight excluding hydrogens is 504 g/mol. The van der Waals surface area contributed by atoms with Gasteiger partial charge < -0.3 is 19.7 Å². The Balaban J connectivity index is 1.50. The predicted octanol–water partition coefficient (Wildman–Crippen LogP) is 3.86. The van der Waals surface area contributed by atoms with Gasteiger partial charge in [0.2, 0.25) is 15.9 Å². The molecule has 1 N–H and O–H groups in total. The Labute approximate surface area is 223 Å². The van der Waals surface area contributed by atoms with Gasteiger partial charge in [0.15, 0.2) is 0 Å². The highest BCUT2D eigenvalue weighted by molar-refractivity contribution is 7.88. The van der Waals surface area contributed by atoms with Crippen LogP contribution in [0.3, 0.4) is 0 Å². The monoisotopic (exact) mass is 536 g/mol. The number of carbonyl (C=O) groups is 1. The van der Waals surface area contributed by atoms with Crippen molar-refractivity contribution in [3.8, 4) is 17.4 Å². The molecule has 9 nitrogen and oxygen atoms in total. The third-order valence-electron chi connectivity index (χ3n) is 7.15. The number of amides is 2. The molecule has 2 aliphatic rings. The first-order chi connectivity index (χ1) is 18.2. The number of nitrogens with one attached hydrogen (secondary N) is 1. The summed E-state index contributed by atoms with van der Waals surface area (Å²) in [6, 6.07) is 17.8. The fourth-order valence-corrected chi connectivity index (χ4v) is 6.29. The van der Waals surface area contributed by atoms with Gasteiger partial charge in [0.25, 0.3) is 0 Å². The smallest absolute Gasteiger partial charge is 0.318 e. The number of hydrogen-bond donors (Lipinski definition) is 1. The van der Waals surface area contributed by atoms with Crippen LogP contribution < -0.4 is 14.8 Å². The van der Waals surface area contributed by atoms with Gasteiger partial charge in [-0.05, 0) is 61.2 Å². The number of sulfonamides is 1. The molecule has 5 rings (SSSR count). The van der Waals surface area contributed by atoms with Gasteiger partial charge in [-0.1, -0.05) is 30.3 Å². The molecule has 38 heavy (non-hydrogen) atoms. The Hall–Kier alpha value is -3.63. The van der Waals surface area contributed by atoms with E-state index >= 15 is 0 Å². The Kier molecular flexibility index (Phi) is 7.27. The van der Waals surface area contributed by atoms with Crippen LogP contribution in [0.5, 0.6) is 17.4 Å². The quantitative estimate of drug-likeness (QED) is 0.532. The number of hydrogen-bond acceptors (Lipinski definition) is 6. The zero-order valence-electron chi connectivity index (χ0n) is 21.8. The van der Waals surface area contributed by atoms with Crippen LogP contribution in [-0.4, -0.2) is 60.6 Å². The Morgan fingerprint density at radius 1 is 1.16 bits per heavy atom. The summed E-state index contributed by atoms with van der Waals surface area (Å²) in [6.45, 7) is 2.81. The van der Waals surface area contributed by atoms with Crippen molar-refractivity contribution >= 4 is 16.1 Å². The normalized spacial score (nSPS) is 19.5. The van der Waals surface area contributed by atoms with Gasteiger partial charge in [-0.25, -0.2) is 18.2 Å². The molecule has 3 heterocycles. The number of nitrogens with zero attached hydrogens (tertiary/aromatic N) is 3. The molecule has 0 spiro atoms. The van der Waals surface area contributed by atoms with Crippen LogP contribution in [0.25, 0.3) is 0 Å². The molecule has 3 aromatic rings. The maximum atomic E-state index is 13.4. The van der Waals surface area contributed by atoms with E-state index in [1.54, 1.807) is 12.0 Å². The second-order valence-corrected chi connectivity index (χ2v) is 11.7. The average Bonchev–Trinajstić information content (AvgIpc) is 3.30. The minimum atomic E-state index is -3.59. The van der Waals surface area contributed by atoms with Crippen LogP contribution in [0.4, 0.5) is 4.79 Å². The van der Waals surface area contributed by atoms with Gasteiger partial charge in [-0.2, -0.15) is 4.31 Å². The van der Waals surface area contributed by atoms with E-state index in [0.29, 0.717) is 42.5 Å². The van der Waals surface area contributed by atoms with E-state index in [0.717, 1.165) is 16.7 Å². The zero-order chi connectivity index (χ0) is 26.9. The van der Waals surface area contributed by atoms with Crippen molar-refractivity contribution in [2.24, 2.45) is 0 Å². The molecule has 1 saturated heterocycles. The van der Waals surface area contributed by atoms with E-state index in [4.69, 9.17) is 9.47 Å². The van der Waals surface area contributed by atoms with Crippen LogP contribution in [0, 0.1) is 6.92 Å². The average molecular weight is 537 g/mol. The van der Waals surface area contributed by atoms with Crippen LogP contribution >= 0.6 is 0 Å². The third kappa shape index (κ3) is 5.61. The van der Waals surface area contributed by atoms with Crippen molar-refractivity contribution in [1.82, 2.24) is 19.5 Å². The molecule has 0 unspecified atom stereocenters. The summed E-state index contributed by atoms with van der Waals surface area (Å²) in [7, 11) is -2.00. The number of rotatable bonds is 5. The van der Waals surface area contributed by atoms with Crippen molar-refractivity contribution in [1.29, 1.82) is 0 Å². The Morgan fingerprint density at radius 2 is 1.95 bits per heavy atom. The molecule has 2 aromatic carbocycles. The largest absolute Gasteiger partial charge is 0.497 e. The first kappa shape index (κ1) is 26.0. The molecule has 1 aromatic heterocycles. The lowest BCUT2D eigenvalue weighted by atomic mass is 9.99. The van der Waals surface area contributed by atoms with E-state index in [-0.39, 0.29) is 25.2 Å². The number of ether oxygens (including phenoxy) is 2. The van der Waals surface area contributed by atoms with Crippen molar-refractivity contribution in [3.63, 3.8) is 0 Å². The summed E-state index contributed by atoms with van der Waals surface area (Å²) in [5.41, 5.74) is 3.37. The molecule has 2 atom stereocenters. The Morgan fingerprint density at radius 3 is 2.68 bits per heavy atom. The summed E-state index contributed by atoms with van der Waals surface area (Å²) < 4.78 is 39.1.